The quantitative estimate of drug-likeness (QED) is 0.670. The van der Waals surface area contributed by atoms with Gasteiger partial charge in [0.15, 0.2) is 5.96 Å². The van der Waals surface area contributed by atoms with Crippen molar-refractivity contribution in [2.24, 2.45) is 10.7 Å². The molecule has 0 radical (unpaired) electrons. The van der Waals surface area contributed by atoms with E-state index in [1.807, 2.05) is 4.90 Å². The maximum absolute atomic E-state index is 12.4. The van der Waals surface area contributed by atoms with Crippen LogP contribution in [0.4, 0.5) is 13.2 Å². The molecule has 0 aromatic heterocycles. The molecule has 1 saturated heterocycles. The van der Waals surface area contributed by atoms with Crippen molar-refractivity contribution in [3.8, 4) is 0 Å². The second-order valence-electron chi connectivity index (χ2n) is 4.92. The van der Waals surface area contributed by atoms with Gasteiger partial charge < -0.3 is 10.6 Å². The number of guanidine groups is 1. The Morgan fingerprint density at radius 1 is 1.10 bits per heavy atom. The van der Waals surface area contributed by atoms with Crippen LogP contribution in [0.15, 0.2) is 29.3 Å². The van der Waals surface area contributed by atoms with E-state index in [0.29, 0.717) is 12.5 Å². The molecule has 20 heavy (non-hydrogen) atoms. The zero-order valence-corrected chi connectivity index (χ0v) is 11.2. The van der Waals surface area contributed by atoms with Gasteiger partial charge in [0, 0.05) is 13.1 Å². The molecule has 0 spiro atoms. The van der Waals surface area contributed by atoms with Crippen LogP contribution in [0.25, 0.3) is 0 Å². The van der Waals surface area contributed by atoms with Crippen molar-refractivity contribution in [3.63, 3.8) is 0 Å². The predicted octanol–water partition coefficient (Wildman–Crippen LogP) is 3.01. The van der Waals surface area contributed by atoms with Gasteiger partial charge in [0.1, 0.15) is 0 Å². The third kappa shape index (κ3) is 3.88. The van der Waals surface area contributed by atoms with Crippen LogP contribution in [0.2, 0.25) is 0 Å². The number of nitrogens with zero attached hydrogens (tertiary/aromatic N) is 2. The van der Waals surface area contributed by atoms with Crippen LogP contribution in [-0.2, 0) is 12.7 Å². The molecule has 2 rings (SSSR count). The third-order valence-corrected chi connectivity index (χ3v) is 3.38. The Morgan fingerprint density at radius 3 is 2.25 bits per heavy atom. The summed E-state index contributed by atoms with van der Waals surface area (Å²) < 4.78 is 37.3. The van der Waals surface area contributed by atoms with Gasteiger partial charge in [0.25, 0.3) is 0 Å². The van der Waals surface area contributed by atoms with Crippen LogP contribution < -0.4 is 5.73 Å². The maximum Gasteiger partial charge on any atom is 0.416 e. The molecule has 1 aliphatic rings. The molecule has 0 atom stereocenters. The molecule has 1 fully saturated rings. The number of piperidine rings is 1. The Kier molecular flexibility index (Phi) is 4.52. The van der Waals surface area contributed by atoms with E-state index >= 15 is 0 Å². The van der Waals surface area contributed by atoms with Crippen molar-refractivity contribution in [3.05, 3.63) is 35.4 Å². The average molecular weight is 285 g/mol. The van der Waals surface area contributed by atoms with E-state index < -0.39 is 11.7 Å². The number of nitrogens with two attached hydrogens (primary N) is 1. The third-order valence-electron chi connectivity index (χ3n) is 3.38. The molecule has 0 unspecified atom stereocenters. The van der Waals surface area contributed by atoms with Crippen LogP contribution in [0, 0.1) is 0 Å². The first-order chi connectivity index (χ1) is 9.47. The number of likely N-dealkylation sites (tertiary alicyclic amines) is 1. The van der Waals surface area contributed by atoms with Crippen LogP contribution in [0.5, 0.6) is 0 Å². The summed E-state index contributed by atoms with van der Waals surface area (Å²) in [5.41, 5.74) is 5.97. The Morgan fingerprint density at radius 2 is 1.70 bits per heavy atom. The van der Waals surface area contributed by atoms with Crippen molar-refractivity contribution in [1.82, 2.24) is 4.90 Å². The summed E-state index contributed by atoms with van der Waals surface area (Å²) in [4.78, 5) is 6.27. The molecule has 2 N–H and O–H groups in total. The lowest BCUT2D eigenvalue weighted by Crippen LogP contribution is -2.40. The van der Waals surface area contributed by atoms with Crippen LogP contribution in [0.3, 0.4) is 0 Å². The molecule has 110 valence electrons. The highest BCUT2D eigenvalue weighted by molar-refractivity contribution is 5.78. The van der Waals surface area contributed by atoms with Crippen molar-refractivity contribution in [2.45, 2.75) is 32.0 Å². The van der Waals surface area contributed by atoms with Gasteiger partial charge in [-0.3, -0.25) is 0 Å². The van der Waals surface area contributed by atoms with Crippen molar-refractivity contribution < 1.29 is 13.2 Å². The highest BCUT2D eigenvalue weighted by atomic mass is 19.4. The van der Waals surface area contributed by atoms with Gasteiger partial charge >= 0.3 is 6.18 Å². The Bertz CT molecular complexity index is 460. The highest BCUT2D eigenvalue weighted by Crippen LogP contribution is 2.29. The molecule has 0 bridgehead atoms. The number of hydrogen-bond donors (Lipinski definition) is 1. The van der Waals surface area contributed by atoms with E-state index in [9.17, 15) is 13.2 Å². The van der Waals surface area contributed by atoms with Crippen molar-refractivity contribution in [1.29, 1.82) is 0 Å². The summed E-state index contributed by atoms with van der Waals surface area (Å²) in [6.07, 6.45) is -0.871. The van der Waals surface area contributed by atoms with Gasteiger partial charge in [-0.25, -0.2) is 4.99 Å². The molecule has 1 aromatic rings. The molecule has 1 aliphatic heterocycles. The molecule has 0 aliphatic carbocycles. The number of benzene rings is 1. The first kappa shape index (κ1) is 14.7. The van der Waals surface area contributed by atoms with Crippen LogP contribution in [-0.4, -0.2) is 23.9 Å². The Balaban J connectivity index is 1.96. The lowest BCUT2D eigenvalue weighted by molar-refractivity contribution is -0.137. The first-order valence-corrected chi connectivity index (χ1v) is 6.68. The fraction of sp³-hybridized carbons (Fsp3) is 0.500. The SMILES string of the molecule is NC(=NCc1ccc(C(F)(F)F)cc1)N1CCCCC1. The van der Waals surface area contributed by atoms with Gasteiger partial charge in [-0.15, -0.1) is 0 Å². The maximum atomic E-state index is 12.4. The van der Waals surface area contributed by atoms with E-state index in [1.54, 1.807) is 0 Å². The standard InChI is InChI=1S/C14H18F3N3/c15-14(16,17)12-6-4-11(5-7-12)10-19-13(18)20-8-2-1-3-9-20/h4-7H,1-3,8-10H2,(H2,18,19). The fourth-order valence-corrected chi connectivity index (χ4v) is 2.19. The minimum atomic E-state index is -4.30. The first-order valence-electron chi connectivity index (χ1n) is 6.68. The molecule has 0 amide bonds. The van der Waals surface area contributed by atoms with Gasteiger partial charge in [-0.2, -0.15) is 13.2 Å². The highest BCUT2D eigenvalue weighted by Gasteiger charge is 2.29. The van der Waals surface area contributed by atoms with Gasteiger partial charge in [0.05, 0.1) is 12.1 Å². The Labute approximate surface area is 116 Å². The summed E-state index contributed by atoms with van der Waals surface area (Å²) in [5, 5.41) is 0. The molecule has 1 aromatic carbocycles. The second kappa shape index (κ2) is 6.15. The van der Waals surface area contributed by atoms with E-state index in [1.165, 1.54) is 18.6 Å². The molecule has 1 heterocycles. The monoisotopic (exact) mass is 285 g/mol. The van der Waals surface area contributed by atoms with E-state index in [0.717, 1.165) is 43.6 Å². The fourth-order valence-electron chi connectivity index (χ4n) is 2.19. The van der Waals surface area contributed by atoms with E-state index in [-0.39, 0.29) is 0 Å². The average Bonchev–Trinajstić information content (AvgIpc) is 2.45. The summed E-state index contributed by atoms with van der Waals surface area (Å²) in [6.45, 7) is 2.12. The lowest BCUT2D eigenvalue weighted by atomic mass is 10.1. The molecule has 3 nitrogen and oxygen atoms in total. The minimum absolute atomic E-state index is 0.306. The molecule has 0 saturated carbocycles. The summed E-state index contributed by atoms with van der Waals surface area (Å²) in [6, 6.07) is 5.02. The summed E-state index contributed by atoms with van der Waals surface area (Å²) >= 11 is 0. The zero-order chi connectivity index (χ0) is 14.6. The number of rotatable bonds is 2. The predicted molar refractivity (Wildman–Crippen MR) is 72.2 cm³/mol. The Hall–Kier alpha value is -1.72. The normalized spacial score (nSPS) is 17.4. The largest absolute Gasteiger partial charge is 0.416 e. The topological polar surface area (TPSA) is 41.6 Å². The van der Waals surface area contributed by atoms with Gasteiger partial charge in [-0.1, -0.05) is 12.1 Å². The van der Waals surface area contributed by atoms with Crippen LogP contribution >= 0.6 is 0 Å². The zero-order valence-electron chi connectivity index (χ0n) is 11.2. The number of aliphatic imine (C=N–C) groups is 1. The smallest absolute Gasteiger partial charge is 0.370 e. The van der Waals surface area contributed by atoms with Crippen LogP contribution in [0.1, 0.15) is 30.4 Å². The molecule has 6 heteroatoms. The van der Waals surface area contributed by atoms with E-state index in [4.69, 9.17) is 5.73 Å². The minimum Gasteiger partial charge on any atom is -0.370 e. The number of halogens is 3. The van der Waals surface area contributed by atoms with Crippen molar-refractivity contribution >= 4 is 5.96 Å². The summed E-state index contributed by atoms with van der Waals surface area (Å²) in [5.74, 6) is 0.476. The number of hydrogen-bond acceptors (Lipinski definition) is 1. The van der Waals surface area contributed by atoms with Gasteiger partial charge in [-0.05, 0) is 37.0 Å². The summed E-state index contributed by atoms with van der Waals surface area (Å²) in [7, 11) is 0. The van der Waals surface area contributed by atoms with Gasteiger partial charge in [0.2, 0.25) is 0 Å². The second-order valence-corrected chi connectivity index (χ2v) is 4.92. The lowest BCUT2D eigenvalue weighted by Gasteiger charge is -2.27. The van der Waals surface area contributed by atoms with Crippen molar-refractivity contribution in [2.75, 3.05) is 13.1 Å². The number of alkyl halides is 3. The molecular formula is C14H18F3N3. The molecular weight excluding hydrogens is 267 g/mol. The van der Waals surface area contributed by atoms with E-state index in [2.05, 4.69) is 4.99 Å².